The van der Waals surface area contributed by atoms with Gasteiger partial charge in [-0.25, -0.2) is 13.1 Å². The maximum Gasteiger partial charge on any atom is 0.305 e. The number of aliphatic carboxylic acids is 1. The quantitative estimate of drug-likeness (QED) is 0.647. The predicted octanol–water partition coefficient (Wildman–Crippen LogP) is 0.999. The van der Waals surface area contributed by atoms with Crippen molar-refractivity contribution in [2.45, 2.75) is 37.1 Å². The first kappa shape index (κ1) is 20.3. The van der Waals surface area contributed by atoms with Gasteiger partial charge in [-0.15, -0.1) is 0 Å². The van der Waals surface area contributed by atoms with Crippen LogP contribution in [0, 0.1) is 6.92 Å². The number of rotatable bonds is 8. The Balaban J connectivity index is 2.26. The summed E-state index contributed by atoms with van der Waals surface area (Å²) >= 11 is 0. The van der Waals surface area contributed by atoms with Gasteiger partial charge in [-0.05, 0) is 37.5 Å². The van der Waals surface area contributed by atoms with Crippen molar-refractivity contribution in [3.63, 3.8) is 0 Å². The summed E-state index contributed by atoms with van der Waals surface area (Å²) in [6.45, 7) is 2.56. The molecule has 0 aromatic heterocycles. The molecule has 0 spiro atoms. The maximum absolute atomic E-state index is 12.9. The predicted molar refractivity (Wildman–Crippen MR) is 94.6 cm³/mol. The number of carbonyl (C=O) groups is 2. The van der Waals surface area contributed by atoms with Crippen molar-refractivity contribution in [1.29, 1.82) is 0 Å². The van der Waals surface area contributed by atoms with Crippen LogP contribution in [0.4, 0.5) is 0 Å². The molecule has 1 aliphatic rings. The second-order valence-electron chi connectivity index (χ2n) is 6.26. The van der Waals surface area contributed by atoms with Gasteiger partial charge in [0.1, 0.15) is 0 Å². The van der Waals surface area contributed by atoms with Crippen LogP contribution >= 0.6 is 0 Å². The minimum atomic E-state index is -3.76. The average Bonchev–Trinajstić information content (AvgIpc) is 3.02. The number of benzene rings is 1. The minimum absolute atomic E-state index is 0.00321. The number of carbonyl (C=O) groups excluding carboxylic acids is 1. The van der Waals surface area contributed by atoms with Crippen LogP contribution in [0.25, 0.3) is 0 Å². The molecule has 26 heavy (non-hydrogen) atoms. The molecule has 144 valence electrons. The van der Waals surface area contributed by atoms with Gasteiger partial charge in [0.25, 0.3) is 5.91 Å². The van der Waals surface area contributed by atoms with Crippen molar-refractivity contribution < 1.29 is 27.9 Å². The fourth-order valence-electron chi connectivity index (χ4n) is 3.03. The molecule has 1 aromatic rings. The van der Waals surface area contributed by atoms with E-state index >= 15 is 0 Å². The molecule has 9 heteroatoms. The Morgan fingerprint density at radius 1 is 1.38 bits per heavy atom. The van der Waals surface area contributed by atoms with Crippen molar-refractivity contribution in [3.05, 3.63) is 29.3 Å². The van der Waals surface area contributed by atoms with Crippen LogP contribution in [-0.4, -0.2) is 63.1 Å². The molecule has 0 saturated carbocycles. The summed E-state index contributed by atoms with van der Waals surface area (Å²) < 4.78 is 32.0. The van der Waals surface area contributed by atoms with Crippen molar-refractivity contribution in [3.8, 4) is 0 Å². The van der Waals surface area contributed by atoms with Crippen LogP contribution in [0.1, 0.15) is 35.2 Å². The molecule has 1 atom stereocenters. The first-order valence-electron chi connectivity index (χ1n) is 8.38. The van der Waals surface area contributed by atoms with E-state index in [1.165, 1.54) is 24.1 Å². The average molecular weight is 384 g/mol. The Bertz CT molecular complexity index is 777. The van der Waals surface area contributed by atoms with Crippen molar-refractivity contribution in [2.24, 2.45) is 0 Å². The minimum Gasteiger partial charge on any atom is -0.481 e. The molecule has 1 amide bonds. The van der Waals surface area contributed by atoms with Gasteiger partial charge < -0.3 is 14.7 Å². The van der Waals surface area contributed by atoms with Gasteiger partial charge in [0, 0.05) is 31.8 Å². The zero-order valence-electron chi connectivity index (χ0n) is 14.9. The van der Waals surface area contributed by atoms with Crippen LogP contribution in [0.2, 0.25) is 0 Å². The fourth-order valence-corrected chi connectivity index (χ4v) is 4.07. The van der Waals surface area contributed by atoms with Gasteiger partial charge in [0.15, 0.2) is 0 Å². The molecule has 0 radical (unpaired) electrons. The Morgan fingerprint density at radius 3 is 2.77 bits per heavy atom. The zero-order chi connectivity index (χ0) is 19.3. The molecule has 1 heterocycles. The maximum atomic E-state index is 12.9. The summed E-state index contributed by atoms with van der Waals surface area (Å²) in [5, 5.41) is 9.02. The van der Waals surface area contributed by atoms with Gasteiger partial charge in [-0.2, -0.15) is 0 Å². The number of hydrogen-bond donors (Lipinski definition) is 2. The fraction of sp³-hybridized carbons (Fsp3) is 0.529. The lowest BCUT2D eigenvalue weighted by Crippen LogP contribution is -2.37. The number of carboxylic acid groups (broad SMARTS) is 1. The number of hydrogen-bond acceptors (Lipinski definition) is 5. The molecule has 8 nitrogen and oxygen atoms in total. The molecule has 1 aromatic carbocycles. The Kier molecular flexibility index (Phi) is 6.74. The standard InChI is InChI=1S/C17H24N2O6S/c1-12-5-6-14(26(23,24)18-7-9-25-2)11-15(12)17(22)19-8-3-4-13(19)10-16(20)21/h5-6,11,13,18H,3-4,7-10H2,1-2H3,(H,20,21). The SMILES string of the molecule is COCCNS(=O)(=O)c1ccc(C)c(C(=O)N2CCCC2CC(=O)O)c1. The van der Waals surface area contributed by atoms with Gasteiger partial charge in [0.05, 0.1) is 17.9 Å². The highest BCUT2D eigenvalue weighted by atomic mass is 32.2. The number of methoxy groups -OCH3 is 1. The van der Waals surface area contributed by atoms with Crippen molar-refractivity contribution in [2.75, 3.05) is 26.8 Å². The molecule has 1 unspecified atom stereocenters. The number of nitrogens with one attached hydrogen (secondary N) is 1. The highest BCUT2D eigenvalue weighted by molar-refractivity contribution is 7.89. The smallest absolute Gasteiger partial charge is 0.305 e. The van der Waals surface area contributed by atoms with E-state index in [-0.39, 0.29) is 42.0 Å². The third-order valence-electron chi connectivity index (χ3n) is 4.40. The Morgan fingerprint density at radius 2 is 2.12 bits per heavy atom. The number of nitrogens with zero attached hydrogens (tertiary/aromatic N) is 1. The van der Waals surface area contributed by atoms with E-state index in [0.29, 0.717) is 18.5 Å². The number of aryl methyl sites for hydroxylation is 1. The topological polar surface area (TPSA) is 113 Å². The number of sulfonamides is 1. The number of ether oxygens (including phenoxy) is 1. The second kappa shape index (κ2) is 8.61. The van der Waals surface area contributed by atoms with E-state index in [1.807, 2.05) is 0 Å². The lowest BCUT2D eigenvalue weighted by Gasteiger charge is -2.24. The highest BCUT2D eigenvalue weighted by Gasteiger charge is 2.32. The number of amides is 1. The number of carboxylic acids is 1. The van der Waals surface area contributed by atoms with E-state index in [1.54, 1.807) is 13.0 Å². The molecular formula is C17H24N2O6S. The van der Waals surface area contributed by atoms with Crippen LogP contribution in [0.15, 0.2) is 23.1 Å². The molecule has 2 rings (SSSR count). The first-order chi connectivity index (χ1) is 12.3. The highest BCUT2D eigenvalue weighted by Crippen LogP contribution is 2.25. The van der Waals surface area contributed by atoms with Crippen LogP contribution in [0.3, 0.4) is 0 Å². The normalized spacial score (nSPS) is 17.5. The Labute approximate surface area is 153 Å². The lowest BCUT2D eigenvalue weighted by atomic mass is 10.1. The van der Waals surface area contributed by atoms with E-state index in [9.17, 15) is 18.0 Å². The Hall–Kier alpha value is -1.97. The molecule has 1 saturated heterocycles. The largest absolute Gasteiger partial charge is 0.481 e. The molecule has 1 aliphatic heterocycles. The molecule has 2 N–H and O–H groups in total. The van der Waals surface area contributed by atoms with Crippen molar-refractivity contribution >= 4 is 21.9 Å². The third-order valence-corrected chi connectivity index (χ3v) is 5.85. The second-order valence-corrected chi connectivity index (χ2v) is 8.03. The summed E-state index contributed by atoms with van der Waals surface area (Å²) in [5.74, 6) is -1.29. The van der Waals surface area contributed by atoms with E-state index in [0.717, 1.165) is 6.42 Å². The summed E-state index contributed by atoms with van der Waals surface area (Å²) in [7, 11) is -2.28. The summed E-state index contributed by atoms with van der Waals surface area (Å²) in [6.07, 6.45) is 1.26. The summed E-state index contributed by atoms with van der Waals surface area (Å²) in [6, 6.07) is 4.02. The summed E-state index contributed by atoms with van der Waals surface area (Å²) in [5.41, 5.74) is 0.920. The first-order valence-corrected chi connectivity index (χ1v) is 9.86. The molecule has 1 fully saturated rings. The monoisotopic (exact) mass is 384 g/mol. The van der Waals surface area contributed by atoms with Crippen molar-refractivity contribution in [1.82, 2.24) is 9.62 Å². The van der Waals surface area contributed by atoms with Gasteiger partial charge in [0.2, 0.25) is 10.0 Å². The zero-order valence-corrected chi connectivity index (χ0v) is 15.7. The van der Waals surface area contributed by atoms with Crippen LogP contribution in [0.5, 0.6) is 0 Å². The van der Waals surface area contributed by atoms with Gasteiger partial charge in [-0.1, -0.05) is 6.07 Å². The molecule has 0 bridgehead atoms. The third kappa shape index (κ3) is 4.80. The van der Waals surface area contributed by atoms with Gasteiger partial charge in [-0.3, -0.25) is 9.59 Å². The lowest BCUT2D eigenvalue weighted by molar-refractivity contribution is -0.137. The number of likely N-dealkylation sites (tertiary alicyclic amines) is 1. The molecular weight excluding hydrogens is 360 g/mol. The van der Waals surface area contributed by atoms with Crippen LogP contribution < -0.4 is 4.72 Å². The van der Waals surface area contributed by atoms with E-state index < -0.39 is 16.0 Å². The van der Waals surface area contributed by atoms with Crippen LogP contribution in [-0.2, 0) is 19.6 Å². The summed E-state index contributed by atoms with van der Waals surface area (Å²) in [4.78, 5) is 25.4. The van der Waals surface area contributed by atoms with E-state index in [4.69, 9.17) is 9.84 Å². The van der Waals surface area contributed by atoms with E-state index in [2.05, 4.69) is 4.72 Å². The molecule has 0 aliphatic carbocycles. The van der Waals surface area contributed by atoms with Gasteiger partial charge >= 0.3 is 5.97 Å².